The predicted octanol–water partition coefficient (Wildman–Crippen LogP) is 4.27. The zero-order chi connectivity index (χ0) is 13.9. The Morgan fingerprint density at radius 1 is 1.25 bits per heavy atom. The van der Waals surface area contributed by atoms with E-state index in [2.05, 4.69) is 47.1 Å². The second-order valence-electron chi connectivity index (χ2n) is 5.11. The third-order valence-electron chi connectivity index (χ3n) is 3.50. The van der Waals surface area contributed by atoms with Gasteiger partial charge in [-0.3, -0.25) is 0 Å². The van der Waals surface area contributed by atoms with E-state index in [0.29, 0.717) is 6.61 Å². The molecule has 3 rings (SSSR count). The average Bonchev–Trinajstić information content (AvgIpc) is 2.87. The standard InChI is InChI=1S/C17H17BrO2/c1-12-6-7-17-14(8-12)9-15(20-17)11-19-16-5-3-2-4-13(16)10-18/h2-8,15H,9-11H2,1H3. The largest absolute Gasteiger partial charge is 0.489 e. The number of hydrogen-bond acceptors (Lipinski definition) is 2. The molecule has 0 saturated heterocycles. The maximum Gasteiger partial charge on any atom is 0.137 e. The highest BCUT2D eigenvalue weighted by atomic mass is 79.9. The van der Waals surface area contributed by atoms with Gasteiger partial charge in [-0.2, -0.15) is 0 Å². The van der Waals surface area contributed by atoms with Gasteiger partial charge in [-0.15, -0.1) is 0 Å². The van der Waals surface area contributed by atoms with Gasteiger partial charge in [-0.25, -0.2) is 0 Å². The Balaban J connectivity index is 1.64. The van der Waals surface area contributed by atoms with Crippen molar-refractivity contribution in [3.8, 4) is 11.5 Å². The third-order valence-corrected chi connectivity index (χ3v) is 4.10. The van der Waals surface area contributed by atoms with Crippen LogP contribution in [0.2, 0.25) is 0 Å². The van der Waals surface area contributed by atoms with Crippen LogP contribution in [0.4, 0.5) is 0 Å². The van der Waals surface area contributed by atoms with E-state index < -0.39 is 0 Å². The molecule has 2 nitrogen and oxygen atoms in total. The van der Waals surface area contributed by atoms with Gasteiger partial charge in [-0.05, 0) is 24.6 Å². The number of benzene rings is 2. The summed E-state index contributed by atoms with van der Waals surface area (Å²) in [5, 5.41) is 0.800. The highest BCUT2D eigenvalue weighted by molar-refractivity contribution is 9.08. The molecule has 0 N–H and O–H groups in total. The zero-order valence-corrected chi connectivity index (χ0v) is 13.0. The predicted molar refractivity (Wildman–Crippen MR) is 83.9 cm³/mol. The first-order chi connectivity index (χ1) is 9.76. The van der Waals surface area contributed by atoms with Crippen LogP contribution in [0.15, 0.2) is 42.5 Å². The molecule has 2 aromatic carbocycles. The molecule has 0 spiro atoms. The number of alkyl halides is 1. The lowest BCUT2D eigenvalue weighted by Gasteiger charge is -2.14. The molecule has 104 valence electrons. The van der Waals surface area contributed by atoms with E-state index in [1.165, 1.54) is 16.7 Å². The molecule has 0 radical (unpaired) electrons. The number of ether oxygens (including phenoxy) is 2. The zero-order valence-electron chi connectivity index (χ0n) is 11.4. The lowest BCUT2D eigenvalue weighted by atomic mass is 10.1. The molecule has 1 atom stereocenters. The molecule has 2 aromatic rings. The number of halogens is 1. The summed E-state index contributed by atoms with van der Waals surface area (Å²) in [5.74, 6) is 1.93. The summed E-state index contributed by atoms with van der Waals surface area (Å²) in [4.78, 5) is 0. The Morgan fingerprint density at radius 3 is 2.95 bits per heavy atom. The molecule has 1 aliphatic heterocycles. The van der Waals surface area contributed by atoms with E-state index >= 15 is 0 Å². The molecule has 0 saturated carbocycles. The van der Waals surface area contributed by atoms with Gasteiger partial charge in [0.1, 0.15) is 24.2 Å². The monoisotopic (exact) mass is 332 g/mol. The quantitative estimate of drug-likeness (QED) is 0.778. The molecular formula is C17H17BrO2. The van der Waals surface area contributed by atoms with Crippen molar-refractivity contribution in [1.82, 2.24) is 0 Å². The smallest absolute Gasteiger partial charge is 0.137 e. The van der Waals surface area contributed by atoms with Crippen molar-refractivity contribution < 1.29 is 9.47 Å². The van der Waals surface area contributed by atoms with Crippen molar-refractivity contribution in [2.75, 3.05) is 6.61 Å². The van der Waals surface area contributed by atoms with Gasteiger partial charge >= 0.3 is 0 Å². The minimum absolute atomic E-state index is 0.107. The molecule has 0 amide bonds. The van der Waals surface area contributed by atoms with Crippen molar-refractivity contribution in [2.24, 2.45) is 0 Å². The topological polar surface area (TPSA) is 18.5 Å². The summed E-state index contributed by atoms with van der Waals surface area (Å²) in [6.07, 6.45) is 1.03. The Kier molecular flexibility index (Phi) is 3.97. The Morgan fingerprint density at radius 2 is 2.10 bits per heavy atom. The van der Waals surface area contributed by atoms with Gasteiger partial charge in [0.15, 0.2) is 0 Å². The fraction of sp³-hybridized carbons (Fsp3) is 0.294. The Labute approximate surface area is 127 Å². The maximum absolute atomic E-state index is 5.92. The second kappa shape index (κ2) is 5.88. The molecule has 1 unspecified atom stereocenters. The highest BCUT2D eigenvalue weighted by Gasteiger charge is 2.23. The van der Waals surface area contributed by atoms with Gasteiger partial charge in [0.25, 0.3) is 0 Å². The molecule has 0 aromatic heterocycles. The molecule has 3 heteroatoms. The molecular weight excluding hydrogens is 316 g/mol. The van der Waals surface area contributed by atoms with Gasteiger partial charge in [0, 0.05) is 17.3 Å². The van der Waals surface area contributed by atoms with Crippen LogP contribution in [0.25, 0.3) is 0 Å². The van der Waals surface area contributed by atoms with Crippen LogP contribution in [-0.4, -0.2) is 12.7 Å². The van der Waals surface area contributed by atoms with Crippen molar-refractivity contribution in [1.29, 1.82) is 0 Å². The number of aryl methyl sites for hydroxylation is 1. The molecule has 0 bridgehead atoms. The van der Waals surface area contributed by atoms with Crippen molar-refractivity contribution >= 4 is 15.9 Å². The highest BCUT2D eigenvalue weighted by Crippen LogP contribution is 2.30. The molecule has 1 aliphatic rings. The van der Waals surface area contributed by atoms with E-state index in [9.17, 15) is 0 Å². The van der Waals surface area contributed by atoms with Gasteiger partial charge in [0.05, 0.1) is 0 Å². The van der Waals surface area contributed by atoms with E-state index in [1.54, 1.807) is 0 Å². The summed E-state index contributed by atoms with van der Waals surface area (Å²) in [5.41, 5.74) is 3.73. The van der Waals surface area contributed by atoms with Gasteiger partial charge < -0.3 is 9.47 Å². The maximum atomic E-state index is 5.92. The summed E-state index contributed by atoms with van der Waals surface area (Å²) in [7, 11) is 0. The fourth-order valence-electron chi connectivity index (χ4n) is 2.48. The summed E-state index contributed by atoms with van der Waals surface area (Å²) >= 11 is 3.48. The number of para-hydroxylation sites is 1. The fourth-order valence-corrected chi connectivity index (χ4v) is 2.94. The summed E-state index contributed by atoms with van der Waals surface area (Å²) < 4.78 is 11.8. The lowest BCUT2D eigenvalue weighted by Crippen LogP contribution is -2.22. The summed E-state index contributed by atoms with van der Waals surface area (Å²) in [6.45, 7) is 2.69. The van der Waals surface area contributed by atoms with Crippen LogP contribution >= 0.6 is 15.9 Å². The first-order valence-corrected chi connectivity index (χ1v) is 7.91. The SMILES string of the molecule is Cc1ccc2c(c1)CC(COc1ccccc1CBr)O2. The minimum atomic E-state index is 0.107. The van der Waals surface area contributed by atoms with Crippen molar-refractivity contribution in [2.45, 2.75) is 24.8 Å². The van der Waals surface area contributed by atoms with Crippen LogP contribution in [0.3, 0.4) is 0 Å². The van der Waals surface area contributed by atoms with Gasteiger partial charge in [0.2, 0.25) is 0 Å². The summed E-state index contributed by atoms with van der Waals surface area (Å²) in [6, 6.07) is 14.4. The van der Waals surface area contributed by atoms with Crippen molar-refractivity contribution in [3.63, 3.8) is 0 Å². The second-order valence-corrected chi connectivity index (χ2v) is 5.67. The van der Waals surface area contributed by atoms with Crippen molar-refractivity contribution in [3.05, 3.63) is 59.2 Å². The van der Waals surface area contributed by atoms with Crippen LogP contribution in [0.1, 0.15) is 16.7 Å². The third kappa shape index (κ3) is 2.83. The number of fused-ring (bicyclic) bond motifs is 1. The average molecular weight is 333 g/mol. The van der Waals surface area contributed by atoms with E-state index in [0.717, 1.165) is 23.2 Å². The first-order valence-electron chi connectivity index (χ1n) is 6.79. The van der Waals surface area contributed by atoms with E-state index in [-0.39, 0.29) is 6.10 Å². The number of rotatable bonds is 4. The van der Waals surface area contributed by atoms with Crippen LogP contribution in [0, 0.1) is 6.92 Å². The molecule has 20 heavy (non-hydrogen) atoms. The molecule has 0 aliphatic carbocycles. The Hall–Kier alpha value is -1.48. The van der Waals surface area contributed by atoms with Gasteiger partial charge in [-0.1, -0.05) is 51.8 Å². The number of hydrogen-bond donors (Lipinski definition) is 0. The van der Waals surface area contributed by atoms with Crippen LogP contribution in [-0.2, 0) is 11.8 Å². The Bertz CT molecular complexity index is 610. The minimum Gasteiger partial charge on any atom is -0.489 e. The van der Waals surface area contributed by atoms with Crippen LogP contribution in [0.5, 0.6) is 11.5 Å². The van der Waals surface area contributed by atoms with E-state index in [1.807, 2.05) is 18.2 Å². The normalized spacial score (nSPS) is 16.6. The lowest BCUT2D eigenvalue weighted by molar-refractivity contribution is 0.148. The first kappa shape index (κ1) is 13.5. The van der Waals surface area contributed by atoms with Crippen LogP contribution < -0.4 is 9.47 Å². The molecule has 0 fully saturated rings. The molecule has 1 heterocycles. The van der Waals surface area contributed by atoms with E-state index in [4.69, 9.17) is 9.47 Å².